The van der Waals surface area contributed by atoms with Crippen LogP contribution in [0.2, 0.25) is 0 Å². The molecule has 0 saturated heterocycles. The Balaban J connectivity index is 2.62. The van der Waals surface area contributed by atoms with E-state index in [0.717, 1.165) is 27.1 Å². The number of nitrogens with zero attached hydrogens (tertiary/aromatic N) is 3. The zero-order valence-corrected chi connectivity index (χ0v) is 11.5. The van der Waals surface area contributed by atoms with Crippen LogP contribution in [0.15, 0.2) is 22.7 Å². The summed E-state index contributed by atoms with van der Waals surface area (Å²) in [5, 5.41) is 13.3. The smallest absolute Gasteiger partial charge is 0.0991 e. The Morgan fingerprint density at radius 3 is 2.47 bits per heavy atom. The van der Waals surface area contributed by atoms with Gasteiger partial charge in [-0.25, -0.2) is 4.68 Å². The molecule has 0 amide bonds. The Bertz CT molecular complexity index is 620. The van der Waals surface area contributed by atoms with Crippen molar-refractivity contribution >= 4 is 15.9 Å². The first-order chi connectivity index (χ1) is 8.04. The van der Waals surface area contributed by atoms with Crippen molar-refractivity contribution in [2.45, 2.75) is 20.8 Å². The molecular weight excluding hydrogens is 278 g/mol. The maximum Gasteiger partial charge on any atom is 0.0991 e. The Kier molecular flexibility index (Phi) is 3.03. The fourth-order valence-corrected chi connectivity index (χ4v) is 2.07. The number of hydrogen-bond donors (Lipinski definition) is 0. The van der Waals surface area contributed by atoms with Gasteiger partial charge in [0.1, 0.15) is 0 Å². The van der Waals surface area contributed by atoms with Gasteiger partial charge in [-0.05, 0) is 60.5 Å². The number of nitriles is 1. The second-order valence-electron chi connectivity index (χ2n) is 4.01. The highest BCUT2D eigenvalue weighted by Gasteiger charge is 2.11. The van der Waals surface area contributed by atoms with Gasteiger partial charge in [0.15, 0.2) is 0 Å². The number of rotatable bonds is 1. The molecule has 0 unspecified atom stereocenters. The summed E-state index contributed by atoms with van der Waals surface area (Å²) in [5.74, 6) is 0. The van der Waals surface area contributed by atoms with E-state index in [-0.39, 0.29) is 0 Å². The predicted octanol–water partition coefficient (Wildman–Crippen LogP) is 3.43. The molecule has 0 aliphatic heterocycles. The number of aryl methyl sites for hydroxylation is 2. The lowest BCUT2D eigenvalue weighted by atomic mass is 10.1. The van der Waals surface area contributed by atoms with Crippen LogP contribution in [0.5, 0.6) is 0 Å². The molecule has 1 aromatic heterocycles. The average molecular weight is 290 g/mol. The van der Waals surface area contributed by atoms with E-state index < -0.39 is 0 Å². The minimum absolute atomic E-state index is 0.673. The first-order valence-electron chi connectivity index (χ1n) is 5.27. The molecular formula is C13H12BrN3. The zero-order chi connectivity index (χ0) is 12.6. The number of aromatic nitrogens is 2. The van der Waals surface area contributed by atoms with Crippen LogP contribution in [0, 0.1) is 32.1 Å². The molecule has 86 valence electrons. The lowest BCUT2D eigenvalue weighted by molar-refractivity contribution is 0.827. The fraction of sp³-hybridized carbons (Fsp3) is 0.231. The van der Waals surface area contributed by atoms with Crippen LogP contribution in [-0.4, -0.2) is 9.78 Å². The van der Waals surface area contributed by atoms with E-state index in [0.29, 0.717) is 5.56 Å². The van der Waals surface area contributed by atoms with Crippen LogP contribution in [0.25, 0.3) is 5.69 Å². The normalized spacial score (nSPS) is 10.3. The van der Waals surface area contributed by atoms with Crippen molar-refractivity contribution in [3.8, 4) is 11.8 Å². The van der Waals surface area contributed by atoms with Crippen molar-refractivity contribution in [3.63, 3.8) is 0 Å². The van der Waals surface area contributed by atoms with Crippen LogP contribution in [-0.2, 0) is 0 Å². The molecule has 17 heavy (non-hydrogen) atoms. The molecule has 3 nitrogen and oxygen atoms in total. The van der Waals surface area contributed by atoms with Crippen LogP contribution in [0.4, 0.5) is 0 Å². The van der Waals surface area contributed by atoms with Gasteiger partial charge in [0.2, 0.25) is 0 Å². The van der Waals surface area contributed by atoms with Crippen molar-refractivity contribution < 1.29 is 0 Å². The molecule has 0 aliphatic carbocycles. The first kappa shape index (κ1) is 11.9. The zero-order valence-electron chi connectivity index (χ0n) is 9.95. The summed E-state index contributed by atoms with van der Waals surface area (Å²) >= 11 is 3.51. The highest BCUT2D eigenvalue weighted by Crippen LogP contribution is 2.24. The van der Waals surface area contributed by atoms with Crippen molar-refractivity contribution in [2.24, 2.45) is 0 Å². The van der Waals surface area contributed by atoms with Gasteiger partial charge in [0.05, 0.1) is 33.2 Å². The van der Waals surface area contributed by atoms with Crippen LogP contribution in [0.3, 0.4) is 0 Å². The van der Waals surface area contributed by atoms with E-state index in [1.165, 1.54) is 0 Å². The molecule has 0 atom stereocenters. The molecule has 0 bridgehead atoms. The summed E-state index contributed by atoms with van der Waals surface area (Å²) in [5.41, 5.74) is 4.76. The summed E-state index contributed by atoms with van der Waals surface area (Å²) in [6, 6.07) is 7.76. The number of halogens is 1. The Morgan fingerprint density at radius 2 is 2.00 bits per heavy atom. The molecule has 0 N–H and O–H groups in total. The van der Waals surface area contributed by atoms with Crippen molar-refractivity contribution in [2.75, 3.05) is 0 Å². The molecule has 0 aliphatic rings. The minimum Gasteiger partial charge on any atom is -0.236 e. The van der Waals surface area contributed by atoms with E-state index in [4.69, 9.17) is 5.26 Å². The summed E-state index contributed by atoms with van der Waals surface area (Å²) in [4.78, 5) is 0. The minimum atomic E-state index is 0.673. The van der Waals surface area contributed by atoms with Gasteiger partial charge >= 0.3 is 0 Å². The summed E-state index contributed by atoms with van der Waals surface area (Å²) in [6.07, 6.45) is 0. The Labute approximate surface area is 109 Å². The molecule has 2 aromatic rings. The first-order valence-corrected chi connectivity index (χ1v) is 6.06. The number of hydrogen-bond acceptors (Lipinski definition) is 2. The van der Waals surface area contributed by atoms with E-state index in [9.17, 15) is 0 Å². The lowest BCUT2D eigenvalue weighted by Gasteiger charge is -2.08. The van der Waals surface area contributed by atoms with Crippen LogP contribution >= 0.6 is 15.9 Å². The standard InChI is InChI=1S/C13H12BrN3/c1-8-6-11(7-15)4-5-12(8)17-10(3)13(14)9(2)16-17/h4-6H,1-3H3. The second-order valence-corrected chi connectivity index (χ2v) is 4.80. The molecule has 1 aromatic carbocycles. The largest absolute Gasteiger partial charge is 0.236 e. The molecule has 0 radical (unpaired) electrons. The van der Waals surface area contributed by atoms with Crippen molar-refractivity contribution in [3.05, 3.63) is 45.2 Å². The lowest BCUT2D eigenvalue weighted by Crippen LogP contribution is -2.01. The SMILES string of the molecule is Cc1cc(C#N)ccc1-n1nc(C)c(Br)c1C. The molecule has 0 saturated carbocycles. The summed E-state index contributed by atoms with van der Waals surface area (Å²) < 4.78 is 2.93. The van der Waals surface area contributed by atoms with E-state index >= 15 is 0 Å². The van der Waals surface area contributed by atoms with E-state index in [2.05, 4.69) is 27.1 Å². The summed E-state index contributed by atoms with van der Waals surface area (Å²) in [7, 11) is 0. The summed E-state index contributed by atoms with van der Waals surface area (Å²) in [6.45, 7) is 5.97. The number of benzene rings is 1. The van der Waals surface area contributed by atoms with Gasteiger partial charge < -0.3 is 0 Å². The predicted molar refractivity (Wildman–Crippen MR) is 70.2 cm³/mol. The van der Waals surface area contributed by atoms with Gasteiger partial charge in [-0.3, -0.25) is 0 Å². The highest BCUT2D eigenvalue weighted by atomic mass is 79.9. The topological polar surface area (TPSA) is 41.6 Å². The molecule has 1 heterocycles. The molecule has 0 spiro atoms. The monoisotopic (exact) mass is 289 g/mol. The fourth-order valence-electron chi connectivity index (χ4n) is 1.82. The van der Waals surface area contributed by atoms with Crippen LogP contribution < -0.4 is 0 Å². The Morgan fingerprint density at radius 1 is 1.29 bits per heavy atom. The maximum atomic E-state index is 8.85. The quantitative estimate of drug-likeness (QED) is 0.807. The van der Waals surface area contributed by atoms with E-state index in [1.807, 2.05) is 43.7 Å². The Hall–Kier alpha value is -1.60. The van der Waals surface area contributed by atoms with Crippen molar-refractivity contribution in [1.82, 2.24) is 9.78 Å². The molecule has 0 fully saturated rings. The third-order valence-electron chi connectivity index (χ3n) is 2.76. The van der Waals surface area contributed by atoms with Gasteiger partial charge in [0.25, 0.3) is 0 Å². The highest BCUT2D eigenvalue weighted by molar-refractivity contribution is 9.10. The third kappa shape index (κ3) is 1.98. The van der Waals surface area contributed by atoms with Crippen molar-refractivity contribution in [1.29, 1.82) is 5.26 Å². The van der Waals surface area contributed by atoms with Gasteiger partial charge in [-0.15, -0.1) is 0 Å². The van der Waals surface area contributed by atoms with Crippen LogP contribution in [0.1, 0.15) is 22.5 Å². The molecule has 4 heteroatoms. The van der Waals surface area contributed by atoms with Gasteiger partial charge in [-0.2, -0.15) is 10.4 Å². The average Bonchev–Trinajstić information content (AvgIpc) is 2.57. The van der Waals surface area contributed by atoms with Gasteiger partial charge in [-0.1, -0.05) is 0 Å². The van der Waals surface area contributed by atoms with E-state index in [1.54, 1.807) is 0 Å². The molecule has 2 rings (SSSR count). The second kappa shape index (κ2) is 4.34. The maximum absolute atomic E-state index is 8.85. The van der Waals surface area contributed by atoms with Gasteiger partial charge in [0, 0.05) is 0 Å². The third-order valence-corrected chi connectivity index (χ3v) is 3.90.